The van der Waals surface area contributed by atoms with Gasteiger partial charge in [-0.25, -0.2) is 26.9 Å². The minimum atomic E-state index is -0.340. The van der Waals surface area contributed by atoms with Gasteiger partial charge in [0.15, 0.2) is 0 Å². The number of rotatable bonds is 15. The normalized spacial score (nSPS) is 10.3. The molecule has 0 radical (unpaired) electrons. The van der Waals surface area contributed by atoms with E-state index in [9.17, 15) is 22.0 Å². The molecule has 2 aromatic carbocycles. The number of benzene rings is 2. The molecule has 0 aliphatic carbocycles. The van der Waals surface area contributed by atoms with Crippen molar-refractivity contribution >= 4 is 43.6 Å². The number of nitrogens with zero attached hydrogens (tertiary/aromatic N) is 7. The van der Waals surface area contributed by atoms with E-state index in [0.29, 0.717) is 22.4 Å². The summed E-state index contributed by atoms with van der Waals surface area (Å²) in [4.78, 5) is 27.7. The van der Waals surface area contributed by atoms with E-state index in [-0.39, 0.29) is 29.1 Å². The van der Waals surface area contributed by atoms with Gasteiger partial charge in [-0.1, -0.05) is 61.9 Å². The van der Waals surface area contributed by atoms with Crippen molar-refractivity contribution in [3.63, 3.8) is 0 Å². The average Bonchev–Trinajstić information content (AvgIpc) is 3.40. The second kappa shape index (κ2) is 33.4. The van der Waals surface area contributed by atoms with E-state index in [4.69, 9.17) is 11.5 Å². The van der Waals surface area contributed by atoms with Crippen molar-refractivity contribution in [3.8, 4) is 11.8 Å². The number of anilines is 1. The van der Waals surface area contributed by atoms with Crippen molar-refractivity contribution < 1.29 is 22.0 Å². The standard InChI is InChI=1S/C20H21FN2.C19H20FN3.C9H8FN.C8H11FN2.C5H3BrFN/c1-15-7-9-18-10-8-16(12-20(18)23-15)5-3-2-4-6-17-11-19(21)14-22-13-17;20-17-10-15(12-22-13-17)5-3-1-2-4-14-6-7-16-8-9-19(21)23-18(16)11-14;1-2-3-4-8-5-9(10)7-11-6-8;9-8-4-7(2-1-3-10)5-11-6-8;6-4-1-5(7)3-8-2-4/h7-14H,2-6H2,1H3;6-13H,1-5H2,(H2,21,23);5-7H,2H2,1H3;4-6H,1-3,10H2;1-3H. The van der Waals surface area contributed by atoms with Gasteiger partial charge in [0.1, 0.15) is 34.9 Å². The van der Waals surface area contributed by atoms with Crippen molar-refractivity contribution in [1.29, 1.82) is 0 Å². The Hall–Kier alpha value is -7.54. The summed E-state index contributed by atoms with van der Waals surface area (Å²) < 4.78 is 63.8. The summed E-state index contributed by atoms with van der Waals surface area (Å²) in [6, 6.07) is 28.2. The summed E-state index contributed by atoms with van der Waals surface area (Å²) >= 11 is 3.06. The highest BCUT2D eigenvalue weighted by Gasteiger charge is 2.03. The molecule has 9 rings (SSSR count). The molecule has 0 saturated heterocycles. The quantitative estimate of drug-likeness (QED) is 0.0583. The topological polar surface area (TPSA) is 142 Å². The molecular formula is C61H63BrF5N9. The lowest BCUT2D eigenvalue weighted by Gasteiger charge is -2.05. The first-order valence-electron chi connectivity index (χ1n) is 25.2. The number of fused-ring (bicyclic) bond motifs is 2. The van der Waals surface area contributed by atoms with Crippen LogP contribution in [0.2, 0.25) is 0 Å². The van der Waals surface area contributed by atoms with Crippen LogP contribution >= 0.6 is 15.9 Å². The van der Waals surface area contributed by atoms with E-state index in [0.717, 1.165) is 135 Å². The van der Waals surface area contributed by atoms with Gasteiger partial charge in [-0.3, -0.25) is 29.9 Å². The number of nitrogen functional groups attached to an aromatic ring is 1. The predicted molar refractivity (Wildman–Crippen MR) is 298 cm³/mol. The Morgan fingerprint density at radius 1 is 0.447 bits per heavy atom. The van der Waals surface area contributed by atoms with Crippen LogP contribution in [-0.4, -0.2) is 41.4 Å². The van der Waals surface area contributed by atoms with E-state index < -0.39 is 0 Å². The van der Waals surface area contributed by atoms with Crippen molar-refractivity contribution in [2.24, 2.45) is 5.73 Å². The second-order valence-electron chi connectivity index (χ2n) is 17.7. The maximum Gasteiger partial charge on any atom is 0.142 e. The lowest BCUT2D eigenvalue weighted by molar-refractivity contribution is 0.614. The van der Waals surface area contributed by atoms with Gasteiger partial charge in [0.2, 0.25) is 0 Å². The Morgan fingerprint density at radius 2 is 0.868 bits per heavy atom. The van der Waals surface area contributed by atoms with E-state index >= 15 is 0 Å². The molecule has 394 valence electrons. The van der Waals surface area contributed by atoms with E-state index in [2.05, 4.69) is 105 Å². The van der Waals surface area contributed by atoms with Crippen molar-refractivity contribution in [1.82, 2.24) is 34.9 Å². The molecule has 15 heteroatoms. The molecule has 7 aromatic heterocycles. The van der Waals surface area contributed by atoms with E-state index in [1.807, 2.05) is 32.0 Å². The van der Waals surface area contributed by atoms with Crippen LogP contribution in [0.3, 0.4) is 0 Å². The first kappa shape index (κ1) is 59.3. The molecule has 0 unspecified atom stereocenters. The summed E-state index contributed by atoms with van der Waals surface area (Å²) in [6.07, 6.45) is 27.2. The molecule has 0 aliphatic heterocycles. The maximum absolute atomic E-state index is 13.1. The monoisotopic (exact) mass is 1100 g/mol. The number of unbranched alkanes of at least 4 members (excludes halogenated alkanes) is 4. The lowest BCUT2D eigenvalue weighted by atomic mass is 10.0. The van der Waals surface area contributed by atoms with Crippen LogP contribution in [-0.2, 0) is 32.1 Å². The molecule has 0 bridgehead atoms. The minimum absolute atomic E-state index is 0.249. The van der Waals surface area contributed by atoms with Crippen LogP contribution in [0, 0.1) is 47.9 Å². The number of pyridine rings is 7. The fourth-order valence-corrected chi connectivity index (χ4v) is 7.90. The Bertz CT molecular complexity index is 3090. The fourth-order valence-electron chi connectivity index (χ4n) is 7.56. The van der Waals surface area contributed by atoms with Crippen LogP contribution in [0.1, 0.15) is 97.4 Å². The Morgan fingerprint density at radius 3 is 1.32 bits per heavy atom. The SMILES string of the molecule is CCC#Cc1cncc(F)c1.Cc1ccc2ccc(CCCCCc3cncc(F)c3)cc2n1.Fc1cncc(Br)c1.NCCCc1cncc(F)c1.Nc1ccc2ccc(CCCCCc3cncc(F)c3)cc2n1. The summed E-state index contributed by atoms with van der Waals surface area (Å²) in [7, 11) is 0. The molecule has 9 nitrogen and oxygen atoms in total. The van der Waals surface area contributed by atoms with Gasteiger partial charge in [0.25, 0.3) is 0 Å². The lowest BCUT2D eigenvalue weighted by Crippen LogP contribution is -2.00. The molecule has 4 N–H and O–H groups in total. The number of hydrogen-bond acceptors (Lipinski definition) is 9. The molecule has 0 fully saturated rings. The van der Waals surface area contributed by atoms with Gasteiger partial charge in [-0.2, -0.15) is 0 Å². The fraction of sp³-hybridized carbons (Fsp3) is 0.262. The average molecular weight is 1100 g/mol. The number of aromatic nitrogens is 7. The van der Waals surface area contributed by atoms with Gasteiger partial charge >= 0.3 is 0 Å². The van der Waals surface area contributed by atoms with Crippen LogP contribution in [0.15, 0.2) is 157 Å². The maximum atomic E-state index is 13.1. The number of hydrogen-bond donors (Lipinski definition) is 2. The first-order chi connectivity index (χ1) is 36.8. The van der Waals surface area contributed by atoms with Gasteiger partial charge in [-0.05, 0) is 182 Å². The van der Waals surface area contributed by atoms with Crippen molar-refractivity contribution in [2.75, 3.05) is 12.3 Å². The third kappa shape index (κ3) is 23.3. The van der Waals surface area contributed by atoms with Gasteiger partial charge in [0, 0.05) is 63.9 Å². The zero-order valence-electron chi connectivity index (χ0n) is 42.9. The molecule has 7 heterocycles. The number of aryl methyl sites for hydroxylation is 6. The minimum Gasteiger partial charge on any atom is -0.384 e. The molecule has 0 saturated carbocycles. The molecule has 0 aliphatic rings. The van der Waals surface area contributed by atoms with E-state index in [1.165, 1.54) is 59.5 Å². The Labute approximate surface area is 451 Å². The van der Waals surface area contributed by atoms with E-state index in [1.54, 1.807) is 36.9 Å². The summed E-state index contributed by atoms with van der Waals surface area (Å²) in [5, 5.41) is 2.31. The van der Waals surface area contributed by atoms with Gasteiger partial charge in [0.05, 0.1) is 42.0 Å². The molecular weight excluding hydrogens is 1030 g/mol. The smallest absolute Gasteiger partial charge is 0.142 e. The largest absolute Gasteiger partial charge is 0.384 e. The Balaban J connectivity index is 0.000000187. The highest BCUT2D eigenvalue weighted by Crippen LogP contribution is 2.19. The van der Waals surface area contributed by atoms with Crippen LogP contribution in [0.25, 0.3) is 21.8 Å². The molecule has 0 spiro atoms. The zero-order chi connectivity index (χ0) is 54.3. The van der Waals surface area contributed by atoms with Gasteiger partial charge in [-0.15, -0.1) is 0 Å². The molecule has 0 atom stereocenters. The molecule has 76 heavy (non-hydrogen) atoms. The Kier molecular flexibility index (Phi) is 26.1. The highest BCUT2D eigenvalue weighted by atomic mass is 79.9. The van der Waals surface area contributed by atoms with Crippen LogP contribution in [0.4, 0.5) is 27.8 Å². The predicted octanol–water partition coefficient (Wildman–Crippen LogP) is 14.4. The summed E-state index contributed by atoms with van der Waals surface area (Å²) in [5.41, 5.74) is 20.2. The molecule has 9 aromatic rings. The third-order valence-electron chi connectivity index (χ3n) is 11.3. The number of nitrogens with two attached hydrogens (primary N) is 2. The van der Waals surface area contributed by atoms with Crippen molar-refractivity contribution in [2.45, 2.75) is 97.3 Å². The van der Waals surface area contributed by atoms with Crippen LogP contribution < -0.4 is 11.5 Å². The third-order valence-corrected chi connectivity index (χ3v) is 11.7. The highest BCUT2D eigenvalue weighted by molar-refractivity contribution is 9.10. The summed E-state index contributed by atoms with van der Waals surface area (Å²) in [5.74, 6) is 4.73. The van der Waals surface area contributed by atoms with Crippen LogP contribution in [0.5, 0.6) is 0 Å². The van der Waals surface area contributed by atoms with Crippen molar-refractivity contribution in [3.05, 3.63) is 226 Å². The summed E-state index contributed by atoms with van der Waals surface area (Å²) in [6.45, 7) is 4.60. The van der Waals surface area contributed by atoms with Gasteiger partial charge < -0.3 is 11.5 Å². The second-order valence-corrected chi connectivity index (χ2v) is 18.6. The zero-order valence-corrected chi connectivity index (χ0v) is 44.5. The number of halogens is 6. The molecule has 0 amide bonds. The first-order valence-corrected chi connectivity index (χ1v) is 26.0.